The minimum Gasteiger partial charge on any atom is -0.497 e. The van der Waals surface area contributed by atoms with Gasteiger partial charge in [-0.3, -0.25) is 0 Å². The van der Waals surface area contributed by atoms with Gasteiger partial charge in [-0.2, -0.15) is 4.89 Å². The molecule has 0 unspecified atom stereocenters. The summed E-state index contributed by atoms with van der Waals surface area (Å²) >= 11 is 0. The molecule has 0 aliphatic heterocycles. The molecule has 3 rings (SSSR count). The van der Waals surface area contributed by atoms with Crippen molar-refractivity contribution in [2.75, 3.05) is 13.7 Å². The number of rotatable bonds is 6. The van der Waals surface area contributed by atoms with Crippen LogP contribution in [0.3, 0.4) is 0 Å². The van der Waals surface area contributed by atoms with Crippen molar-refractivity contribution in [3.63, 3.8) is 0 Å². The van der Waals surface area contributed by atoms with Crippen LogP contribution in [0, 0.1) is 0 Å². The molecule has 0 aliphatic carbocycles. The lowest BCUT2D eigenvalue weighted by Gasteiger charge is -2.06. The Morgan fingerprint density at radius 3 is 1.68 bits per heavy atom. The van der Waals surface area contributed by atoms with Crippen molar-refractivity contribution in [3.8, 4) is 34.0 Å². The van der Waals surface area contributed by atoms with E-state index in [0.717, 1.165) is 22.4 Å². The molecule has 0 atom stereocenters. The molecule has 0 spiro atoms. The number of hydrogen-bond acceptors (Lipinski definition) is 5. The van der Waals surface area contributed by atoms with Crippen LogP contribution in [0.15, 0.2) is 60.9 Å². The zero-order valence-electron chi connectivity index (χ0n) is 17.6. The van der Waals surface area contributed by atoms with Crippen LogP contribution in [-0.4, -0.2) is 23.7 Å². The Balaban J connectivity index is 0.000000921. The smallest absolute Gasteiger partial charge is 0.165 e. The van der Waals surface area contributed by atoms with Gasteiger partial charge in [0.2, 0.25) is 0 Å². The fourth-order valence-corrected chi connectivity index (χ4v) is 2.20. The first-order chi connectivity index (χ1) is 13.8. The van der Waals surface area contributed by atoms with Crippen LogP contribution in [0.4, 0.5) is 0 Å². The van der Waals surface area contributed by atoms with E-state index in [0.29, 0.717) is 18.2 Å². The van der Waals surface area contributed by atoms with Gasteiger partial charge in [-0.25, -0.2) is 9.97 Å². The second-order valence-corrected chi connectivity index (χ2v) is 5.04. The molecular weight excluding hydrogens is 352 g/mol. The van der Waals surface area contributed by atoms with Crippen molar-refractivity contribution in [2.24, 2.45) is 0 Å². The molecule has 3 aromatic rings. The molecule has 1 aromatic heterocycles. The van der Waals surface area contributed by atoms with E-state index in [1.165, 1.54) is 0 Å². The summed E-state index contributed by atoms with van der Waals surface area (Å²) in [6.07, 6.45) is 3.63. The molecule has 0 saturated heterocycles. The van der Waals surface area contributed by atoms with E-state index in [1.54, 1.807) is 7.11 Å². The summed E-state index contributed by atoms with van der Waals surface area (Å²) in [4.78, 5) is 18.9. The summed E-state index contributed by atoms with van der Waals surface area (Å²) in [5.41, 5.74) is 2.92. The normalized spacial score (nSPS) is 9.36. The zero-order valence-corrected chi connectivity index (χ0v) is 17.6. The first-order valence-electron chi connectivity index (χ1n) is 9.66. The molecule has 0 amide bonds. The summed E-state index contributed by atoms with van der Waals surface area (Å²) in [5, 5.41) is 0. The molecule has 1 heterocycles. The molecule has 0 radical (unpaired) electrons. The molecule has 2 aromatic carbocycles. The highest BCUT2D eigenvalue weighted by atomic mass is 17.2. The summed E-state index contributed by atoms with van der Waals surface area (Å²) < 4.78 is 5.17. The van der Waals surface area contributed by atoms with Crippen LogP contribution < -0.4 is 9.62 Å². The van der Waals surface area contributed by atoms with Gasteiger partial charge in [0.05, 0.1) is 13.7 Å². The Bertz CT molecular complexity index is 770. The maximum absolute atomic E-state index is 5.17. The number of methoxy groups -OCH3 is 1. The molecule has 150 valence electrons. The monoisotopic (exact) mass is 382 g/mol. The van der Waals surface area contributed by atoms with Gasteiger partial charge < -0.3 is 9.62 Å². The van der Waals surface area contributed by atoms with Gasteiger partial charge in [0, 0.05) is 23.5 Å². The average Bonchev–Trinajstić information content (AvgIpc) is 2.81. The fourth-order valence-electron chi connectivity index (χ4n) is 2.20. The molecule has 0 bridgehead atoms. The van der Waals surface area contributed by atoms with Gasteiger partial charge in [-0.05, 0) is 48.9 Å². The van der Waals surface area contributed by atoms with E-state index < -0.39 is 0 Å². The van der Waals surface area contributed by atoms with Crippen molar-refractivity contribution in [2.45, 2.75) is 34.6 Å². The third-order valence-corrected chi connectivity index (χ3v) is 3.46. The van der Waals surface area contributed by atoms with Gasteiger partial charge in [-0.15, -0.1) is 0 Å². The average molecular weight is 383 g/mol. The van der Waals surface area contributed by atoms with Crippen molar-refractivity contribution in [1.82, 2.24) is 9.97 Å². The second kappa shape index (κ2) is 13.3. The summed E-state index contributed by atoms with van der Waals surface area (Å²) in [6, 6.07) is 15.2. The minimum atomic E-state index is 0.498. The quantitative estimate of drug-likeness (QED) is 0.375. The maximum Gasteiger partial charge on any atom is 0.165 e. The third-order valence-electron chi connectivity index (χ3n) is 3.46. The predicted octanol–water partition coefficient (Wildman–Crippen LogP) is 6.20. The standard InChI is InChI=1S/C19H18N2O3.2C2H6/c1-3-23-24-18-10-6-15(7-11-18)19-20-12-16(13-21-19)14-4-8-17(22-2)9-5-14;2*1-2/h4-13H,3H2,1-2H3;2*1-2H3. The fraction of sp³-hybridized carbons (Fsp3) is 0.304. The first-order valence-corrected chi connectivity index (χ1v) is 9.66. The number of ether oxygens (including phenoxy) is 1. The molecule has 5 heteroatoms. The van der Waals surface area contributed by atoms with E-state index in [-0.39, 0.29) is 0 Å². The zero-order chi connectivity index (χ0) is 20.8. The lowest BCUT2D eigenvalue weighted by Crippen LogP contribution is -1.95. The number of nitrogens with zero attached hydrogens (tertiary/aromatic N) is 2. The van der Waals surface area contributed by atoms with Crippen molar-refractivity contribution < 1.29 is 14.5 Å². The SMILES string of the molecule is CC.CC.CCOOc1ccc(-c2ncc(-c3ccc(OC)cc3)cn2)cc1. The van der Waals surface area contributed by atoms with Gasteiger partial charge >= 0.3 is 0 Å². The molecule has 0 fully saturated rings. The van der Waals surface area contributed by atoms with E-state index in [4.69, 9.17) is 14.5 Å². The third kappa shape index (κ3) is 6.67. The van der Waals surface area contributed by atoms with Gasteiger partial charge in [0.25, 0.3) is 0 Å². The molecule has 28 heavy (non-hydrogen) atoms. The molecular formula is C23H30N2O3. The first kappa shape index (κ1) is 23.1. The highest BCUT2D eigenvalue weighted by Gasteiger charge is 2.04. The topological polar surface area (TPSA) is 53.5 Å². The largest absolute Gasteiger partial charge is 0.497 e. The van der Waals surface area contributed by atoms with Crippen molar-refractivity contribution >= 4 is 0 Å². The Labute approximate surface area is 168 Å². The lowest BCUT2D eigenvalue weighted by molar-refractivity contribution is -0.202. The van der Waals surface area contributed by atoms with Crippen LogP contribution in [-0.2, 0) is 4.89 Å². The number of aromatic nitrogens is 2. The highest BCUT2D eigenvalue weighted by Crippen LogP contribution is 2.23. The van der Waals surface area contributed by atoms with Gasteiger partial charge in [-0.1, -0.05) is 39.8 Å². The number of hydrogen-bond donors (Lipinski definition) is 0. The van der Waals surface area contributed by atoms with E-state index in [9.17, 15) is 0 Å². The Morgan fingerprint density at radius 1 is 0.679 bits per heavy atom. The number of benzene rings is 2. The summed E-state index contributed by atoms with van der Waals surface area (Å²) in [6.45, 7) is 10.4. The van der Waals surface area contributed by atoms with Gasteiger partial charge in [0.1, 0.15) is 5.75 Å². The molecule has 0 N–H and O–H groups in total. The van der Waals surface area contributed by atoms with Crippen LogP contribution >= 0.6 is 0 Å². The Hall–Kier alpha value is -2.92. The van der Waals surface area contributed by atoms with Crippen LogP contribution in [0.25, 0.3) is 22.5 Å². The molecule has 0 saturated carbocycles. The molecule has 5 nitrogen and oxygen atoms in total. The Kier molecular flexibility index (Phi) is 11.0. The second-order valence-electron chi connectivity index (χ2n) is 5.04. The van der Waals surface area contributed by atoms with Crippen molar-refractivity contribution in [3.05, 3.63) is 60.9 Å². The highest BCUT2D eigenvalue weighted by molar-refractivity contribution is 5.64. The summed E-state index contributed by atoms with van der Waals surface area (Å²) in [5.74, 6) is 2.14. The van der Waals surface area contributed by atoms with Crippen LogP contribution in [0.2, 0.25) is 0 Å². The maximum atomic E-state index is 5.17. The summed E-state index contributed by atoms with van der Waals surface area (Å²) in [7, 11) is 1.65. The van der Waals surface area contributed by atoms with Crippen molar-refractivity contribution in [1.29, 1.82) is 0 Å². The minimum absolute atomic E-state index is 0.498. The Morgan fingerprint density at radius 2 is 1.18 bits per heavy atom. The molecule has 0 aliphatic rings. The predicted molar refractivity (Wildman–Crippen MR) is 114 cm³/mol. The van der Waals surface area contributed by atoms with E-state index in [1.807, 2.05) is 95.5 Å². The van der Waals surface area contributed by atoms with Gasteiger partial charge in [0.15, 0.2) is 11.6 Å². The lowest BCUT2D eigenvalue weighted by atomic mass is 10.1. The van der Waals surface area contributed by atoms with E-state index in [2.05, 4.69) is 9.97 Å². The van der Waals surface area contributed by atoms with E-state index >= 15 is 0 Å². The van der Waals surface area contributed by atoms with Crippen LogP contribution in [0.1, 0.15) is 34.6 Å². The van der Waals surface area contributed by atoms with Crippen LogP contribution in [0.5, 0.6) is 11.5 Å².